The SMILES string of the molecule is CCNc1nc(NCC(C)(C)c2cccs2)c(Cl)cc1Cl. The number of nitrogens with one attached hydrogen (secondary N) is 2. The lowest BCUT2D eigenvalue weighted by molar-refractivity contribution is 0.568. The first kappa shape index (κ1) is 16.4. The Morgan fingerprint density at radius 2 is 1.86 bits per heavy atom. The third-order valence-electron chi connectivity index (χ3n) is 3.16. The van der Waals surface area contributed by atoms with Gasteiger partial charge < -0.3 is 10.6 Å². The Morgan fingerprint density at radius 3 is 2.43 bits per heavy atom. The molecule has 0 aliphatic heterocycles. The zero-order chi connectivity index (χ0) is 15.5. The Labute approximate surface area is 139 Å². The number of hydrogen-bond donors (Lipinski definition) is 2. The second-order valence-corrected chi connectivity index (χ2v) is 7.16. The molecule has 21 heavy (non-hydrogen) atoms. The van der Waals surface area contributed by atoms with E-state index in [2.05, 4.69) is 47.0 Å². The van der Waals surface area contributed by atoms with Crippen molar-refractivity contribution in [2.45, 2.75) is 26.2 Å². The van der Waals surface area contributed by atoms with Gasteiger partial charge in [0.2, 0.25) is 0 Å². The summed E-state index contributed by atoms with van der Waals surface area (Å²) in [6, 6.07) is 5.93. The lowest BCUT2D eigenvalue weighted by atomic mass is 9.91. The summed E-state index contributed by atoms with van der Waals surface area (Å²) < 4.78 is 0. The quantitative estimate of drug-likeness (QED) is 0.749. The van der Waals surface area contributed by atoms with Crippen molar-refractivity contribution in [3.05, 3.63) is 38.5 Å². The maximum absolute atomic E-state index is 6.22. The summed E-state index contributed by atoms with van der Waals surface area (Å²) in [6.07, 6.45) is 0. The lowest BCUT2D eigenvalue weighted by Gasteiger charge is -2.24. The van der Waals surface area contributed by atoms with Crippen LogP contribution in [-0.4, -0.2) is 18.1 Å². The van der Waals surface area contributed by atoms with Gasteiger partial charge in [-0.15, -0.1) is 11.3 Å². The van der Waals surface area contributed by atoms with E-state index in [0.29, 0.717) is 21.7 Å². The van der Waals surface area contributed by atoms with Gasteiger partial charge in [-0.2, -0.15) is 0 Å². The highest BCUT2D eigenvalue weighted by molar-refractivity contribution is 7.10. The Hall–Kier alpha value is -0.970. The van der Waals surface area contributed by atoms with E-state index in [9.17, 15) is 0 Å². The van der Waals surface area contributed by atoms with Gasteiger partial charge in [0.25, 0.3) is 0 Å². The van der Waals surface area contributed by atoms with Crippen molar-refractivity contribution < 1.29 is 0 Å². The monoisotopic (exact) mass is 343 g/mol. The van der Waals surface area contributed by atoms with Crippen molar-refractivity contribution in [2.75, 3.05) is 23.7 Å². The maximum atomic E-state index is 6.22. The highest BCUT2D eigenvalue weighted by Crippen LogP contribution is 2.31. The van der Waals surface area contributed by atoms with E-state index in [1.54, 1.807) is 17.4 Å². The van der Waals surface area contributed by atoms with E-state index in [1.165, 1.54) is 4.88 Å². The molecule has 2 heterocycles. The fourth-order valence-corrected chi connectivity index (χ4v) is 3.28. The van der Waals surface area contributed by atoms with Gasteiger partial charge in [-0.3, -0.25) is 0 Å². The number of halogens is 2. The van der Waals surface area contributed by atoms with Gasteiger partial charge in [0.15, 0.2) is 0 Å². The molecule has 114 valence electrons. The zero-order valence-corrected chi connectivity index (χ0v) is 14.7. The predicted octanol–water partition coefficient (Wildman–Crippen LogP) is 5.27. The normalized spacial score (nSPS) is 11.5. The molecule has 6 heteroatoms. The first-order valence-electron chi connectivity index (χ1n) is 6.82. The average molecular weight is 344 g/mol. The van der Waals surface area contributed by atoms with Crippen LogP contribution in [0.25, 0.3) is 0 Å². The minimum absolute atomic E-state index is 0.0111. The number of thiophene rings is 1. The summed E-state index contributed by atoms with van der Waals surface area (Å²) in [4.78, 5) is 5.79. The minimum Gasteiger partial charge on any atom is -0.369 e. The highest BCUT2D eigenvalue weighted by atomic mass is 35.5. The van der Waals surface area contributed by atoms with Crippen LogP contribution in [0, 0.1) is 0 Å². The van der Waals surface area contributed by atoms with Gasteiger partial charge in [-0.05, 0) is 24.4 Å². The largest absolute Gasteiger partial charge is 0.369 e. The molecule has 0 spiro atoms. The van der Waals surface area contributed by atoms with Crippen molar-refractivity contribution in [3.63, 3.8) is 0 Å². The van der Waals surface area contributed by atoms with E-state index in [0.717, 1.165) is 13.1 Å². The Balaban J connectivity index is 2.14. The number of nitrogens with zero attached hydrogens (tertiary/aromatic N) is 1. The molecule has 3 nitrogen and oxygen atoms in total. The number of rotatable bonds is 6. The molecule has 2 rings (SSSR count). The van der Waals surface area contributed by atoms with Crippen LogP contribution in [0.5, 0.6) is 0 Å². The third kappa shape index (κ3) is 4.02. The summed E-state index contributed by atoms with van der Waals surface area (Å²) in [5.41, 5.74) is 0.0111. The molecular weight excluding hydrogens is 325 g/mol. The van der Waals surface area contributed by atoms with Crippen LogP contribution < -0.4 is 10.6 Å². The van der Waals surface area contributed by atoms with Gasteiger partial charge in [0, 0.05) is 23.4 Å². The molecule has 0 bridgehead atoms. The molecule has 0 amide bonds. The van der Waals surface area contributed by atoms with Crippen molar-refractivity contribution in [1.82, 2.24) is 4.98 Å². The third-order valence-corrected chi connectivity index (χ3v) is 4.97. The first-order valence-corrected chi connectivity index (χ1v) is 8.45. The van der Waals surface area contributed by atoms with Crippen LogP contribution in [0.4, 0.5) is 11.6 Å². The number of pyridine rings is 1. The molecule has 2 aromatic rings. The molecule has 2 aromatic heterocycles. The molecular formula is C15H19Cl2N3S. The number of anilines is 2. The standard InChI is InChI=1S/C15H19Cl2N3S/c1-4-18-13-10(16)8-11(17)14(20-13)19-9-15(2,3)12-6-5-7-21-12/h5-8H,4,9H2,1-3H3,(H2,18,19,20). The Kier molecular flexibility index (Phi) is 5.36. The maximum Gasteiger partial charge on any atom is 0.147 e. The lowest BCUT2D eigenvalue weighted by Crippen LogP contribution is -2.27. The van der Waals surface area contributed by atoms with E-state index >= 15 is 0 Å². The van der Waals surface area contributed by atoms with Crippen LogP contribution in [0.15, 0.2) is 23.6 Å². The number of aromatic nitrogens is 1. The zero-order valence-electron chi connectivity index (χ0n) is 12.3. The van der Waals surface area contributed by atoms with E-state index < -0.39 is 0 Å². The van der Waals surface area contributed by atoms with Gasteiger partial charge in [-0.1, -0.05) is 43.1 Å². The fourth-order valence-electron chi connectivity index (χ4n) is 1.94. The molecule has 0 aromatic carbocycles. The summed E-state index contributed by atoms with van der Waals surface area (Å²) >= 11 is 14.1. The van der Waals surface area contributed by atoms with Crippen molar-refractivity contribution in [3.8, 4) is 0 Å². The summed E-state index contributed by atoms with van der Waals surface area (Å²) in [7, 11) is 0. The van der Waals surface area contributed by atoms with Crippen molar-refractivity contribution in [2.24, 2.45) is 0 Å². The minimum atomic E-state index is 0.0111. The molecule has 0 unspecified atom stereocenters. The van der Waals surface area contributed by atoms with Crippen LogP contribution in [0.2, 0.25) is 10.0 Å². The molecule has 0 aliphatic carbocycles. The highest BCUT2D eigenvalue weighted by Gasteiger charge is 2.22. The van der Waals surface area contributed by atoms with Crippen LogP contribution in [-0.2, 0) is 5.41 Å². The van der Waals surface area contributed by atoms with Gasteiger partial charge in [0.1, 0.15) is 11.6 Å². The summed E-state index contributed by atoms with van der Waals surface area (Å²) in [6.45, 7) is 7.89. The van der Waals surface area contributed by atoms with E-state index in [-0.39, 0.29) is 5.41 Å². The average Bonchev–Trinajstić information content (AvgIpc) is 2.95. The fraction of sp³-hybridized carbons (Fsp3) is 0.400. The van der Waals surface area contributed by atoms with Gasteiger partial charge in [0.05, 0.1) is 10.0 Å². The molecule has 0 atom stereocenters. The van der Waals surface area contributed by atoms with E-state index in [1.807, 2.05) is 6.92 Å². The van der Waals surface area contributed by atoms with Crippen LogP contribution >= 0.6 is 34.5 Å². The van der Waals surface area contributed by atoms with Gasteiger partial charge in [-0.25, -0.2) is 4.98 Å². The first-order chi connectivity index (χ1) is 9.94. The predicted molar refractivity (Wildman–Crippen MR) is 94.3 cm³/mol. The van der Waals surface area contributed by atoms with Crippen molar-refractivity contribution >= 4 is 46.2 Å². The smallest absolute Gasteiger partial charge is 0.147 e. The molecule has 0 aliphatic rings. The van der Waals surface area contributed by atoms with E-state index in [4.69, 9.17) is 23.2 Å². The molecule has 2 N–H and O–H groups in total. The number of hydrogen-bond acceptors (Lipinski definition) is 4. The summed E-state index contributed by atoms with van der Waals surface area (Å²) in [5.74, 6) is 1.31. The van der Waals surface area contributed by atoms with Crippen LogP contribution in [0.1, 0.15) is 25.6 Å². The van der Waals surface area contributed by atoms with Crippen molar-refractivity contribution in [1.29, 1.82) is 0 Å². The van der Waals surface area contributed by atoms with Gasteiger partial charge >= 0.3 is 0 Å². The Morgan fingerprint density at radius 1 is 1.19 bits per heavy atom. The topological polar surface area (TPSA) is 37.0 Å². The second-order valence-electron chi connectivity index (χ2n) is 5.39. The Bertz CT molecular complexity index is 597. The summed E-state index contributed by atoms with van der Waals surface area (Å²) in [5, 5.41) is 9.62. The van der Waals surface area contributed by atoms with Crippen LogP contribution in [0.3, 0.4) is 0 Å². The molecule has 0 saturated heterocycles. The molecule has 0 fully saturated rings. The second kappa shape index (κ2) is 6.86. The molecule has 0 saturated carbocycles. The molecule has 0 radical (unpaired) electrons.